The lowest BCUT2D eigenvalue weighted by atomic mass is 9.63. The Hall–Kier alpha value is -3.41. The van der Waals surface area contributed by atoms with E-state index in [1.807, 2.05) is 12.1 Å². The zero-order chi connectivity index (χ0) is 28.1. The van der Waals surface area contributed by atoms with E-state index in [-0.39, 0.29) is 34.8 Å². The summed E-state index contributed by atoms with van der Waals surface area (Å²) in [6.07, 6.45) is 2.46. The third kappa shape index (κ3) is 5.02. The highest BCUT2D eigenvalue weighted by Gasteiger charge is 2.48. The third-order valence-electron chi connectivity index (χ3n) is 8.20. The molecule has 0 bridgehead atoms. The Morgan fingerprint density at radius 1 is 0.872 bits per heavy atom. The van der Waals surface area contributed by atoms with Gasteiger partial charge in [0.2, 0.25) is 0 Å². The van der Waals surface area contributed by atoms with E-state index in [0.717, 1.165) is 40.9 Å². The van der Waals surface area contributed by atoms with Gasteiger partial charge in [0, 0.05) is 53.4 Å². The van der Waals surface area contributed by atoms with Crippen molar-refractivity contribution in [3.8, 4) is 11.5 Å². The molecule has 0 aromatic heterocycles. The molecule has 0 spiro atoms. The molecule has 2 aliphatic carbocycles. The van der Waals surface area contributed by atoms with Crippen LogP contribution in [0.3, 0.4) is 0 Å². The molecule has 1 aliphatic heterocycles. The van der Waals surface area contributed by atoms with Gasteiger partial charge in [-0.15, -0.1) is 0 Å². The van der Waals surface area contributed by atoms with E-state index in [0.29, 0.717) is 36.4 Å². The van der Waals surface area contributed by atoms with E-state index in [9.17, 15) is 14.0 Å². The van der Waals surface area contributed by atoms with Crippen LogP contribution in [0.15, 0.2) is 65.0 Å². The summed E-state index contributed by atoms with van der Waals surface area (Å²) in [5.41, 5.74) is 4.56. The Morgan fingerprint density at radius 3 is 2.00 bits per heavy atom. The van der Waals surface area contributed by atoms with Crippen LogP contribution in [0, 0.1) is 16.6 Å². The normalized spacial score (nSPS) is 20.6. The minimum Gasteiger partial charge on any atom is -0.493 e. The second-order valence-electron chi connectivity index (χ2n) is 12.6. The first-order valence-electron chi connectivity index (χ1n) is 13.8. The summed E-state index contributed by atoms with van der Waals surface area (Å²) < 4.78 is 25.8. The fourth-order valence-corrected chi connectivity index (χ4v) is 6.52. The van der Waals surface area contributed by atoms with Crippen molar-refractivity contribution in [1.82, 2.24) is 4.90 Å². The highest BCUT2D eigenvalue weighted by molar-refractivity contribution is 6.06. The third-order valence-corrected chi connectivity index (χ3v) is 8.20. The summed E-state index contributed by atoms with van der Waals surface area (Å²) >= 11 is 0. The maximum Gasteiger partial charge on any atom is 0.162 e. The minimum atomic E-state index is -0.445. The topological polar surface area (TPSA) is 55.8 Å². The maximum atomic E-state index is 14.2. The van der Waals surface area contributed by atoms with Crippen molar-refractivity contribution in [2.75, 3.05) is 13.7 Å². The van der Waals surface area contributed by atoms with E-state index in [1.165, 1.54) is 6.07 Å². The molecule has 0 radical (unpaired) electrons. The number of ether oxygens (including phenoxy) is 2. The van der Waals surface area contributed by atoms with E-state index < -0.39 is 5.92 Å². The summed E-state index contributed by atoms with van der Waals surface area (Å²) in [6, 6.07) is 12.1. The first-order chi connectivity index (χ1) is 18.4. The summed E-state index contributed by atoms with van der Waals surface area (Å²) in [7, 11) is 1.56. The van der Waals surface area contributed by atoms with Gasteiger partial charge in [-0.1, -0.05) is 52.0 Å². The number of allylic oxidation sites excluding steroid dienone is 4. The molecule has 0 unspecified atom stereocenters. The summed E-state index contributed by atoms with van der Waals surface area (Å²) in [5.74, 6) is 0.400. The van der Waals surface area contributed by atoms with Gasteiger partial charge in [-0.3, -0.25) is 9.59 Å². The van der Waals surface area contributed by atoms with E-state index in [2.05, 4.69) is 39.5 Å². The van der Waals surface area contributed by atoms with E-state index in [4.69, 9.17) is 9.47 Å². The van der Waals surface area contributed by atoms with Gasteiger partial charge in [0.15, 0.2) is 23.1 Å². The molecule has 5 rings (SSSR count). The van der Waals surface area contributed by atoms with Crippen molar-refractivity contribution < 1.29 is 23.5 Å². The molecule has 0 atom stereocenters. The van der Waals surface area contributed by atoms with Crippen molar-refractivity contribution in [3.05, 3.63) is 81.9 Å². The molecule has 5 nitrogen and oxygen atoms in total. The number of rotatable bonds is 6. The lowest BCUT2D eigenvalue weighted by Crippen LogP contribution is -2.44. The number of methoxy groups -OCH3 is 1. The summed E-state index contributed by atoms with van der Waals surface area (Å²) in [5, 5.41) is 0. The lowest BCUT2D eigenvalue weighted by Gasteiger charge is -2.48. The van der Waals surface area contributed by atoms with Crippen molar-refractivity contribution in [2.45, 2.75) is 72.8 Å². The predicted molar refractivity (Wildman–Crippen MR) is 149 cm³/mol. The van der Waals surface area contributed by atoms with Gasteiger partial charge in [-0.05, 0) is 54.4 Å². The average molecular weight is 532 g/mol. The van der Waals surface area contributed by atoms with Crippen LogP contribution in [-0.4, -0.2) is 30.1 Å². The number of carbonyl (C=O) groups excluding carboxylic acids is 2. The highest BCUT2D eigenvalue weighted by Crippen LogP contribution is 2.54. The zero-order valence-electron chi connectivity index (χ0n) is 23.8. The van der Waals surface area contributed by atoms with Crippen molar-refractivity contribution >= 4 is 11.6 Å². The van der Waals surface area contributed by atoms with E-state index in [1.54, 1.807) is 31.4 Å². The fraction of sp³-hybridized carbons (Fsp3) is 0.455. The molecule has 0 saturated heterocycles. The van der Waals surface area contributed by atoms with Crippen molar-refractivity contribution in [3.63, 3.8) is 0 Å². The van der Waals surface area contributed by atoms with Crippen LogP contribution >= 0.6 is 0 Å². The molecule has 3 aliphatic rings. The number of hydrogen-bond acceptors (Lipinski definition) is 5. The van der Waals surface area contributed by atoms with Gasteiger partial charge in [0.05, 0.1) is 7.11 Å². The minimum absolute atomic E-state index is 0.0585. The van der Waals surface area contributed by atoms with Crippen LogP contribution in [0.25, 0.3) is 0 Å². The molecule has 0 fully saturated rings. The van der Waals surface area contributed by atoms with Gasteiger partial charge < -0.3 is 14.4 Å². The second-order valence-corrected chi connectivity index (χ2v) is 12.6. The summed E-state index contributed by atoms with van der Waals surface area (Å²) in [6.45, 7) is 11.4. The van der Waals surface area contributed by atoms with Crippen molar-refractivity contribution in [1.29, 1.82) is 0 Å². The Kier molecular flexibility index (Phi) is 6.94. The molecule has 206 valence electrons. The quantitative estimate of drug-likeness (QED) is 0.397. The number of ketones is 2. The van der Waals surface area contributed by atoms with Gasteiger partial charge in [-0.25, -0.2) is 4.39 Å². The van der Waals surface area contributed by atoms with Crippen LogP contribution in [0.1, 0.15) is 77.3 Å². The Bertz CT molecular complexity index is 1350. The van der Waals surface area contributed by atoms with Crippen LogP contribution in [-0.2, 0) is 16.2 Å². The average Bonchev–Trinajstić information content (AvgIpc) is 2.85. The Balaban J connectivity index is 1.61. The Labute approximate surface area is 230 Å². The van der Waals surface area contributed by atoms with E-state index >= 15 is 0 Å². The molecule has 39 heavy (non-hydrogen) atoms. The van der Waals surface area contributed by atoms with Crippen LogP contribution < -0.4 is 9.47 Å². The molecule has 0 N–H and O–H groups in total. The highest BCUT2D eigenvalue weighted by atomic mass is 19.1. The number of Topliss-reactive ketones (excluding diaryl/α,β-unsaturated/α-hetero) is 2. The number of benzene rings is 2. The SMILES string of the molecule is CCN1C2=C(C(=O)CC(C)(C)C2)C(c2ccc(OCc3ccccc3F)c(OC)c2)C2=C1CC(C)(C)CC2=O. The Morgan fingerprint density at radius 2 is 1.46 bits per heavy atom. The van der Waals surface area contributed by atoms with Gasteiger partial charge in [0.1, 0.15) is 12.4 Å². The standard InChI is InChI=1S/C33H38FNO4/c1-7-35-23-15-32(2,3)17-25(36)30(23)29(31-24(35)16-33(4,5)18-26(31)37)20-12-13-27(28(14-20)38-6)39-19-21-10-8-9-11-22(21)34/h8-14,29H,7,15-19H2,1-6H3. The largest absolute Gasteiger partial charge is 0.493 e. The number of halogens is 1. The first kappa shape index (κ1) is 27.2. The zero-order valence-corrected chi connectivity index (χ0v) is 23.8. The number of hydrogen-bond donors (Lipinski definition) is 0. The molecular weight excluding hydrogens is 493 g/mol. The van der Waals surface area contributed by atoms with Crippen LogP contribution in [0.5, 0.6) is 11.5 Å². The van der Waals surface area contributed by atoms with Gasteiger partial charge >= 0.3 is 0 Å². The molecule has 6 heteroatoms. The molecule has 0 amide bonds. The first-order valence-corrected chi connectivity index (χ1v) is 13.8. The second kappa shape index (κ2) is 9.96. The smallest absolute Gasteiger partial charge is 0.162 e. The summed E-state index contributed by atoms with van der Waals surface area (Å²) in [4.78, 5) is 29.9. The number of nitrogens with zero attached hydrogens (tertiary/aromatic N) is 1. The van der Waals surface area contributed by atoms with Crippen LogP contribution in [0.4, 0.5) is 4.39 Å². The maximum absolute atomic E-state index is 14.2. The lowest BCUT2D eigenvalue weighted by molar-refractivity contribution is -0.119. The number of carbonyl (C=O) groups is 2. The predicted octanol–water partition coefficient (Wildman–Crippen LogP) is 7.12. The monoisotopic (exact) mass is 531 g/mol. The van der Waals surface area contributed by atoms with Gasteiger partial charge in [0.25, 0.3) is 0 Å². The molecule has 2 aromatic carbocycles. The van der Waals surface area contributed by atoms with Crippen LogP contribution in [0.2, 0.25) is 0 Å². The fourth-order valence-electron chi connectivity index (χ4n) is 6.52. The van der Waals surface area contributed by atoms with Crippen molar-refractivity contribution in [2.24, 2.45) is 10.8 Å². The molecule has 0 saturated carbocycles. The molecule has 2 aromatic rings. The molecule has 1 heterocycles. The molecular formula is C33H38FNO4. The van der Waals surface area contributed by atoms with Gasteiger partial charge in [-0.2, -0.15) is 0 Å².